The molecule has 1 aliphatic heterocycles. The van der Waals surface area contributed by atoms with Gasteiger partial charge in [-0.05, 0) is 42.0 Å². The van der Waals surface area contributed by atoms with Crippen LogP contribution in [0.5, 0.6) is 11.5 Å². The van der Waals surface area contributed by atoms with Crippen LogP contribution in [0.25, 0.3) is 10.1 Å². The van der Waals surface area contributed by atoms with Crippen molar-refractivity contribution < 1.29 is 18.7 Å². The summed E-state index contributed by atoms with van der Waals surface area (Å²) in [5.41, 5.74) is 3.17. The third-order valence-electron chi connectivity index (χ3n) is 3.57. The molecule has 1 amide bonds. The molecular weight excluding hydrogens is 367 g/mol. The van der Waals surface area contributed by atoms with E-state index in [1.165, 1.54) is 18.3 Å². The summed E-state index contributed by atoms with van der Waals surface area (Å²) >= 11 is 7.32. The van der Waals surface area contributed by atoms with Gasteiger partial charge in [0.1, 0.15) is 10.7 Å². The molecule has 2 aromatic carbocycles. The van der Waals surface area contributed by atoms with E-state index in [1.807, 2.05) is 0 Å². The number of amides is 1. The Bertz CT molecular complexity index is 1020. The van der Waals surface area contributed by atoms with Crippen molar-refractivity contribution in [2.45, 2.75) is 0 Å². The molecule has 1 aromatic heterocycles. The van der Waals surface area contributed by atoms with Gasteiger partial charge in [-0.15, -0.1) is 11.3 Å². The maximum absolute atomic E-state index is 13.3. The number of halogens is 2. The molecule has 0 aliphatic carbocycles. The lowest BCUT2D eigenvalue weighted by Gasteiger charge is -1.99. The summed E-state index contributed by atoms with van der Waals surface area (Å²) in [6.07, 6.45) is 1.49. The number of fused-ring (bicyclic) bond motifs is 2. The van der Waals surface area contributed by atoms with Crippen molar-refractivity contribution in [1.29, 1.82) is 0 Å². The Balaban J connectivity index is 1.51. The number of ether oxygens (including phenoxy) is 2. The first-order chi connectivity index (χ1) is 12.1. The predicted molar refractivity (Wildman–Crippen MR) is 94.4 cm³/mol. The SMILES string of the molecule is O=C(NN=Cc1ccc2c(c1)OCO2)c1sc2cc(F)ccc2c1Cl. The second-order valence-corrected chi connectivity index (χ2v) is 6.63. The highest BCUT2D eigenvalue weighted by Crippen LogP contribution is 2.35. The van der Waals surface area contributed by atoms with E-state index in [9.17, 15) is 9.18 Å². The maximum Gasteiger partial charge on any atom is 0.283 e. The van der Waals surface area contributed by atoms with Crippen LogP contribution in [0.2, 0.25) is 5.02 Å². The van der Waals surface area contributed by atoms with Gasteiger partial charge in [0, 0.05) is 10.1 Å². The van der Waals surface area contributed by atoms with Crippen molar-refractivity contribution in [2.75, 3.05) is 6.79 Å². The average molecular weight is 377 g/mol. The third-order valence-corrected chi connectivity index (χ3v) is 5.23. The molecule has 4 rings (SSSR count). The fraction of sp³-hybridized carbons (Fsp3) is 0.0588. The number of benzene rings is 2. The summed E-state index contributed by atoms with van der Waals surface area (Å²) in [7, 11) is 0. The molecule has 2 heterocycles. The fourth-order valence-corrected chi connectivity index (χ4v) is 3.83. The van der Waals surface area contributed by atoms with E-state index in [2.05, 4.69) is 10.5 Å². The smallest absolute Gasteiger partial charge is 0.283 e. The van der Waals surface area contributed by atoms with Crippen LogP contribution in [0.3, 0.4) is 0 Å². The lowest BCUT2D eigenvalue weighted by molar-refractivity contribution is 0.0959. The Kier molecular flexibility index (Phi) is 4.03. The van der Waals surface area contributed by atoms with Gasteiger partial charge in [0.25, 0.3) is 5.91 Å². The van der Waals surface area contributed by atoms with Gasteiger partial charge in [-0.1, -0.05) is 11.6 Å². The van der Waals surface area contributed by atoms with Crippen LogP contribution >= 0.6 is 22.9 Å². The Morgan fingerprint density at radius 2 is 2.08 bits per heavy atom. The molecule has 1 aliphatic rings. The van der Waals surface area contributed by atoms with Crippen LogP contribution in [0.4, 0.5) is 4.39 Å². The minimum Gasteiger partial charge on any atom is -0.454 e. The molecule has 8 heteroatoms. The van der Waals surface area contributed by atoms with E-state index < -0.39 is 5.91 Å². The first-order valence-corrected chi connectivity index (χ1v) is 8.42. The molecule has 0 bridgehead atoms. The van der Waals surface area contributed by atoms with Crippen molar-refractivity contribution >= 4 is 45.1 Å². The van der Waals surface area contributed by atoms with Gasteiger partial charge in [0.2, 0.25) is 6.79 Å². The van der Waals surface area contributed by atoms with E-state index in [0.717, 1.165) is 16.9 Å². The number of hydrogen-bond acceptors (Lipinski definition) is 5. The molecule has 0 spiro atoms. The summed E-state index contributed by atoms with van der Waals surface area (Å²) in [6, 6.07) is 9.52. The van der Waals surface area contributed by atoms with Gasteiger partial charge < -0.3 is 9.47 Å². The van der Waals surface area contributed by atoms with Gasteiger partial charge >= 0.3 is 0 Å². The molecule has 0 saturated carbocycles. The van der Waals surface area contributed by atoms with Crippen molar-refractivity contribution in [1.82, 2.24) is 5.43 Å². The predicted octanol–water partition coefficient (Wildman–Crippen LogP) is 4.19. The Labute approximate surface area is 150 Å². The van der Waals surface area contributed by atoms with Gasteiger partial charge in [-0.25, -0.2) is 9.82 Å². The number of nitrogens with one attached hydrogen (secondary N) is 1. The quantitative estimate of drug-likeness (QED) is 0.551. The summed E-state index contributed by atoms with van der Waals surface area (Å²) in [4.78, 5) is 12.5. The van der Waals surface area contributed by atoms with Gasteiger partial charge in [-0.2, -0.15) is 5.10 Å². The molecule has 1 N–H and O–H groups in total. The third kappa shape index (κ3) is 3.04. The fourth-order valence-electron chi connectivity index (χ4n) is 2.39. The maximum atomic E-state index is 13.3. The number of hydrogen-bond donors (Lipinski definition) is 1. The number of nitrogens with zero attached hydrogens (tertiary/aromatic N) is 1. The zero-order valence-electron chi connectivity index (χ0n) is 12.6. The second kappa shape index (κ2) is 6.34. The van der Waals surface area contributed by atoms with Crippen LogP contribution in [-0.2, 0) is 0 Å². The molecule has 0 unspecified atom stereocenters. The van der Waals surface area contributed by atoms with E-state index in [4.69, 9.17) is 21.1 Å². The summed E-state index contributed by atoms with van der Waals surface area (Å²) in [5.74, 6) is 0.470. The van der Waals surface area contributed by atoms with Crippen molar-refractivity contribution in [2.24, 2.45) is 5.10 Å². The first-order valence-electron chi connectivity index (χ1n) is 7.22. The van der Waals surface area contributed by atoms with Crippen LogP contribution in [-0.4, -0.2) is 18.9 Å². The summed E-state index contributed by atoms with van der Waals surface area (Å²) in [5, 5.41) is 4.85. The highest BCUT2D eigenvalue weighted by molar-refractivity contribution is 7.21. The van der Waals surface area contributed by atoms with Crippen molar-refractivity contribution in [3.8, 4) is 11.5 Å². The number of carbonyl (C=O) groups is 1. The number of rotatable bonds is 3. The van der Waals surface area contributed by atoms with Gasteiger partial charge in [0.05, 0.1) is 11.2 Å². The monoisotopic (exact) mass is 376 g/mol. The number of thiophene rings is 1. The van der Waals surface area contributed by atoms with E-state index in [1.54, 1.807) is 24.3 Å². The molecule has 0 atom stereocenters. The van der Waals surface area contributed by atoms with Crippen LogP contribution in [0.15, 0.2) is 41.5 Å². The standard InChI is InChI=1S/C17H10ClFN2O3S/c18-15-11-3-2-10(19)6-14(11)25-16(15)17(22)21-20-7-9-1-4-12-13(5-9)24-8-23-12/h1-7H,8H2,(H,21,22). The Hall–Kier alpha value is -2.64. The lowest BCUT2D eigenvalue weighted by atomic mass is 10.2. The second-order valence-electron chi connectivity index (χ2n) is 5.20. The minimum atomic E-state index is -0.455. The molecule has 0 fully saturated rings. The number of hydrazone groups is 1. The van der Waals surface area contributed by atoms with Crippen LogP contribution in [0.1, 0.15) is 15.2 Å². The molecular formula is C17H10ClFN2O3S. The van der Waals surface area contributed by atoms with E-state index in [-0.39, 0.29) is 22.5 Å². The van der Waals surface area contributed by atoms with Gasteiger partial charge in [-0.3, -0.25) is 4.79 Å². The van der Waals surface area contributed by atoms with Crippen LogP contribution < -0.4 is 14.9 Å². The highest BCUT2D eigenvalue weighted by atomic mass is 35.5. The molecule has 25 heavy (non-hydrogen) atoms. The minimum absolute atomic E-state index is 0.192. The van der Waals surface area contributed by atoms with Crippen molar-refractivity contribution in [3.63, 3.8) is 0 Å². The largest absolute Gasteiger partial charge is 0.454 e. The first kappa shape index (κ1) is 15.9. The zero-order chi connectivity index (χ0) is 17.4. The Morgan fingerprint density at radius 3 is 2.96 bits per heavy atom. The van der Waals surface area contributed by atoms with E-state index >= 15 is 0 Å². The zero-order valence-corrected chi connectivity index (χ0v) is 14.2. The molecule has 5 nitrogen and oxygen atoms in total. The average Bonchev–Trinajstić information content (AvgIpc) is 3.18. The molecule has 126 valence electrons. The molecule has 0 saturated heterocycles. The van der Waals surface area contributed by atoms with Crippen molar-refractivity contribution in [3.05, 3.63) is 57.7 Å². The molecule has 3 aromatic rings. The highest BCUT2D eigenvalue weighted by Gasteiger charge is 2.17. The van der Waals surface area contributed by atoms with E-state index in [0.29, 0.717) is 21.6 Å². The Morgan fingerprint density at radius 1 is 1.24 bits per heavy atom. The van der Waals surface area contributed by atoms with Gasteiger partial charge in [0.15, 0.2) is 11.5 Å². The topological polar surface area (TPSA) is 59.9 Å². The summed E-state index contributed by atoms with van der Waals surface area (Å²) < 4.78 is 24.4. The van der Waals surface area contributed by atoms with Crippen LogP contribution in [0, 0.1) is 5.82 Å². The number of carbonyl (C=O) groups excluding carboxylic acids is 1. The molecule has 0 radical (unpaired) electrons. The normalized spacial score (nSPS) is 12.9. The summed E-state index contributed by atoms with van der Waals surface area (Å²) in [6.45, 7) is 0.192. The lowest BCUT2D eigenvalue weighted by Crippen LogP contribution is -2.16.